The minimum Gasteiger partial charge on any atom is -0.350 e. The number of fused-ring (bicyclic) bond motifs is 2. The van der Waals surface area contributed by atoms with Crippen LogP contribution >= 0.6 is 0 Å². The molecule has 2 N–H and O–H groups in total. The van der Waals surface area contributed by atoms with E-state index in [9.17, 15) is 9.59 Å². The number of nitrogens with one attached hydrogen (secondary N) is 2. The number of hydrogen-bond donors (Lipinski definition) is 2. The van der Waals surface area contributed by atoms with Gasteiger partial charge in [0, 0.05) is 18.3 Å². The lowest BCUT2D eigenvalue weighted by molar-refractivity contribution is 0.0940. The highest BCUT2D eigenvalue weighted by Crippen LogP contribution is 2.29. The Labute approximate surface area is 162 Å². The van der Waals surface area contributed by atoms with Gasteiger partial charge in [0.05, 0.1) is 10.9 Å². The first-order valence-corrected chi connectivity index (χ1v) is 9.89. The third-order valence-electron chi connectivity index (χ3n) is 5.37. The average Bonchev–Trinajstić information content (AvgIpc) is 2.68. The van der Waals surface area contributed by atoms with Crippen LogP contribution in [0, 0.1) is 5.41 Å². The first-order valence-electron chi connectivity index (χ1n) is 9.89. The molecule has 28 heavy (non-hydrogen) atoms. The van der Waals surface area contributed by atoms with Gasteiger partial charge in [0.25, 0.3) is 11.5 Å². The number of rotatable bonds is 3. The van der Waals surface area contributed by atoms with Gasteiger partial charge < -0.3 is 9.88 Å². The SMILES string of the molecule is CC(C)NC(=O)c1cc2c(=O)n3ccccc3nc2n(C2CCCCC2)c1=N. The predicted octanol–water partition coefficient (Wildman–Crippen LogP) is 2.77. The highest BCUT2D eigenvalue weighted by atomic mass is 16.1. The van der Waals surface area contributed by atoms with Crippen LogP contribution in [0.5, 0.6) is 0 Å². The monoisotopic (exact) mass is 379 g/mol. The van der Waals surface area contributed by atoms with Gasteiger partial charge in [0.2, 0.25) is 0 Å². The summed E-state index contributed by atoms with van der Waals surface area (Å²) in [6.07, 6.45) is 6.86. The van der Waals surface area contributed by atoms with Crippen molar-refractivity contribution in [3.05, 3.63) is 51.9 Å². The van der Waals surface area contributed by atoms with E-state index in [2.05, 4.69) is 5.32 Å². The molecule has 1 fully saturated rings. The lowest BCUT2D eigenvalue weighted by Gasteiger charge is -2.26. The summed E-state index contributed by atoms with van der Waals surface area (Å²) >= 11 is 0. The molecular formula is C21H25N5O2. The fourth-order valence-electron chi connectivity index (χ4n) is 4.06. The molecule has 0 aromatic carbocycles. The lowest BCUT2D eigenvalue weighted by Crippen LogP contribution is -2.39. The van der Waals surface area contributed by atoms with E-state index in [0.29, 0.717) is 16.7 Å². The maximum absolute atomic E-state index is 13.1. The van der Waals surface area contributed by atoms with Crippen molar-refractivity contribution >= 4 is 22.6 Å². The molecule has 3 aromatic rings. The van der Waals surface area contributed by atoms with Gasteiger partial charge in [-0.15, -0.1) is 0 Å². The third-order valence-corrected chi connectivity index (χ3v) is 5.37. The van der Waals surface area contributed by atoms with Gasteiger partial charge in [-0.05, 0) is 44.9 Å². The van der Waals surface area contributed by atoms with Crippen molar-refractivity contribution in [3.63, 3.8) is 0 Å². The first-order chi connectivity index (χ1) is 13.5. The molecule has 146 valence electrons. The number of carbonyl (C=O) groups excluding carboxylic acids is 1. The molecule has 0 spiro atoms. The molecule has 1 saturated carbocycles. The van der Waals surface area contributed by atoms with Gasteiger partial charge in [0.1, 0.15) is 16.8 Å². The van der Waals surface area contributed by atoms with Crippen LogP contribution in [0.2, 0.25) is 0 Å². The molecule has 0 aliphatic heterocycles. The van der Waals surface area contributed by atoms with Crippen LogP contribution in [0.4, 0.5) is 0 Å². The van der Waals surface area contributed by atoms with Crippen molar-refractivity contribution in [2.75, 3.05) is 0 Å². The van der Waals surface area contributed by atoms with Gasteiger partial charge in [-0.25, -0.2) is 4.98 Å². The standard InChI is InChI=1S/C21H25N5O2/c1-13(2)23-20(27)15-12-16-19(24-17-10-6-7-11-25(17)21(16)28)26(18(15)22)14-8-4-3-5-9-14/h6-7,10-14,22H,3-5,8-9H2,1-2H3,(H,23,27). The zero-order valence-corrected chi connectivity index (χ0v) is 16.2. The topological polar surface area (TPSA) is 92.2 Å². The Morgan fingerprint density at radius 1 is 1.25 bits per heavy atom. The molecule has 1 aliphatic carbocycles. The molecule has 0 saturated heterocycles. The predicted molar refractivity (Wildman–Crippen MR) is 108 cm³/mol. The van der Waals surface area contributed by atoms with Crippen LogP contribution < -0.4 is 16.4 Å². The molecular weight excluding hydrogens is 354 g/mol. The number of nitrogens with zero attached hydrogens (tertiary/aromatic N) is 3. The smallest absolute Gasteiger partial charge is 0.267 e. The van der Waals surface area contributed by atoms with Crippen LogP contribution in [-0.4, -0.2) is 25.9 Å². The maximum atomic E-state index is 13.1. The summed E-state index contributed by atoms with van der Waals surface area (Å²) in [6, 6.07) is 6.96. The van der Waals surface area contributed by atoms with E-state index < -0.39 is 0 Å². The summed E-state index contributed by atoms with van der Waals surface area (Å²) in [7, 11) is 0. The summed E-state index contributed by atoms with van der Waals surface area (Å²) in [5.74, 6) is -0.330. The van der Waals surface area contributed by atoms with E-state index in [-0.39, 0.29) is 34.6 Å². The van der Waals surface area contributed by atoms with Crippen LogP contribution in [0.15, 0.2) is 35.3 Å². The van der Waals surface area contributed by atoms with E-state index in [1.54, 1.807) is 18.3 Å². The van der Waals surface area contributed by atoms with Crippen LogP contribution in [0.3, 0.4) is 0 Å². The fourth-order valence-corrected chi connectivity index (χ4v) is 4.06. The number of aromatic nitrogens is 3. The quantitative estimate of drug-likeness (QED) is 0.686. The Kier molecular flexibility index (Phi) is 4.75. The molecule has 0 bridgehead atoms. The number of amides is 1. The second kappa shape index (κ2) is 7.22. The van der Waals surface area contributed by atoms with E-state index in [1.807, 2.05) is 24.5 Å². The zero-order valence-electron chi connectivity index (χ0n) is 16.2. The molecule has 1 aliphatic rings. The Hall–Kier alpha value is -2.96. The van der Waals surface area contributed by atoms with Crippen molar-refractivity contribution in [1.82, 2.24) is 19.3 Å². The minimum atomic E-state index is -0.330. The molecule has 0 unspecified atom stereocenters. The molecule has 7 heteroatoms. The lowest BCUT2D eigenvalue weighted by atomic mass is 9.94. The van der Waals surface area contributed by atoms with E-state index in [0.717, 1.165) is 25.7 Å². The van der Waals surface area contributed by atoms with Crippen molar-refractivity contribution in [2.45, 2.75) is 58.0 Å². The van der Waals surface area contributed by atoms with Crippen molar-refractivity contribution in [1.29, 1.82) is 5.41 Å². The highest BCUT2D eigenvalue weighted by molar-refractivity contribution is 5.97. The van der Waals surface area contributed by atoms with Crippen molar-refractivity contribution < 1.29 is 4.79 Å². The largest absolute Gasteiger partial charge is 0.350 e. The van der Waals surface area contributed by atoms with Crippen LogP contribution in [0.25, 0.3) is 16.7 Å². The molecule has 3 heterocycles. The van der Waals surface area contributed by atoms with Crippen molar-refractivity contribution in [3.8, 4) is 0 Å². The summed E-state index contributed by atoms with van der Waals surface area (Å²) in [5, 5.41) is 12.0. The first kappa shape index (κ1) is 18.4. The molecule has 0 atom stereocenters. The average molecular weight is 379 g/mol. The molecule has 3 aromatic heterocycles. The van der Waals surface area contributed by atoms with Crippen molar-refractivity contribution in [2.24, 2.45) is 0 Å². The summed E-state index contributed by atoms with van der Waals surface area (Å²) in [5.41, 5.74) is 1.17. The Morgan fingerprint density at radius 3 is 2.71 bits per heavy atom. The van der Waals surface area contributed by atoms with E-state index in [1.165, 1.54) is 16.9 Å². The van der Waals surface area contributed by atoms with E-state index >= 15 is 0 Å². The second-order valence-corrected chi connectivity index (χ2v) is 7.78. The number of carbonyl (C=O) groups is 1. The zero-order chi connectivity index (χ0) is 19.8. The molecule has 4 rings (SSSR count). The molecule has 1 amide bonds. The van der Waals surface area contributed by atoms with E-state index in [4.69, 9.17) is 10.4 Å². The van der Waals surface area contributed by atoms with Gasteiger partial charge in [-0.3, -0.25) is 19.4 Å². The van der Waals surface area contributed by atoms with Crippen LogP contribution in [-0.2, 0) is 0 Å². The summed E-state index contributed by atoms with van der Waals surface area (Å²) in [6.45, 7) is 3.75. The minimum absolute atomic E-state index is 0.0541. The molecule has 0 radical (unpaired) electrons. The Balaban J connectivity index is 2.06. The van der Waals surface area contributed by atoms with Gasteiger partial charge >= 0.3 is 0 Å². The van der Waals surface area contributed by atoms with Gasteiger partial charge in [-0.2, -0.15) is 0 Å². The Bertz CT molecular complexity index is 1170. The number of hydrogen-bond acceptors (Lipinski definition) is 4. The highest BCUT2D eigenvalue weighted by Gasteiger charge is 2.23. The normalized spacial score (nSPS) is 15.4. The fraction of sp³-hybridized carbons (Fsp3) is 0.429. The van der Waals surface area contributed by atoms with Crippen LogP contribution in [0.1, 0.15) is 62.4 Å². The number of pyridine rings is 2. The Morgan fingerprint density at radius 2 is 2.00 bits per heavy atom. The maximum Gasteiger partial charge on any atom is 0.267 e. The van der Waals surface area contributed by atoms with Gasteiger partial charge in [0.15, 0.2) is 0 Å². The van der Waals surface area contributed by atoms with Gasteiger partial charge in [-0.1, -0.05) is 25.3 Å². The third kappa shape index (κ3) is 3.10. The molecule has 7 nitrogen and oxygen atoms in total. The summed E-state index contributed by atoms with van der Waals surface area (Å²) in [4.78, 5) is 30.6. The second-order valence-electron chi connectivity index (χ2n) is 7.78. The summed E-state index contributed by atoms with van der Waals surface area (Å²) < 4.78 is 3.30.